The fourth-order valence-electron chi connectivity index (χ4n) is 2.95. The lowest BCUT2D eigenvalue weighted by atomic mass is 9.90. The Labute approximate surface area is 148 Å². The van der Waals surface area contributed by atoms with E-state index in [9.17, 15) is 4.79 Å². The van der Waals surface area contributed by atoms with Crippen LogP contribution in [0.15, 0.2) is 42.5 Å². The second kappa shape index (κ2) is 7.25. The van der Waals surface area contributed by atoms with Crippen molar-refractivity contribution in [1.82, 2.24) is 0 Å². The molecule has 1 heterocycles. The van der Waals surface area contributed by atoms with Crippen molar-refractivity contribution in [2.45, 2.75) is 32.2 Å². The van der Waals surface area contributed by atoms with Gasteiger partial charge in [-0.25, -0.2) is 0 Å². The third-order valence-corrected chi connectivity index (χ3v) is 4.38. The molecule has 2 aromatic rings. The molecule has 1 aliphatic heterocycles. The van der Waals surface area contributed by atoms with Crippen LogP contribution >= 0.6 is 0 Å². The molecule has 25 heavy (non-hydrogen) atoms. The summed E-state index contributed by atoms with van der Waals surface area (Å²) in [5, 5.41) is 2.89. The number of aryl methyl sites for hydroxylation is 2. The molecule has 0 aliphatic carbocycles. The van der Waals surface area contributed by atoms with Gasteiger partial charge in [-0.05, 0) is 74.2 Å². The lowest BCUT2D eigenvalue weighted by molar-refractivity contribution is -0.124. The van der Waals surface area contributed by atoms with E-state index in [1.54, 1.807) is 0 Å². The van der Waals surface area contributed by atoms with Crippen LogP contribution in [-0.2, 0) is 9.53 Å². The molecule has 1 amide bonds. The molecule has 0 aromatic heterocycles. The molecule has 0 spiro atoms. The molecular formula is C20H24N2O3. The van der Waals surface area contributed by atoms with Crippen molar-refractivity contribution in [2.24, 2.45) is 5.73 Å². The van der Waals surface area contributed by atoms with Gasteiger partial charge in [0, 0.05) is 18.9 Å². The Bertz CT molecular complexity index is 730. The maximum atomic E-state index is 12.4. The first-order valence-corrected chi connectivity index (χ1v) is 8.49. The molecule has 0 atom stereocenters. The molecule has 3 N–H and O–H groups in total. The Morgan fingerprint density at radius 2 is 1.64 bits per heavy atom. The topological polar surface area (TPSA) is 73.6 Å². The third kappa shape index (κ3) is 4.38. The summed E-state index contributed by atoms with van der Waals surface area (Å²) < 4.78 is 11.2. The van der Waals surface area contributed by atoms with Crippen LogP contribution in [-0.4, -0.2) is 24.7 Å². The third-order valence-electron chi connectivity index (χ3n) is 4.38. The van der Waals surface area contributed by atoms with E-state index in [-0.39, 0.29) is 5.91 Å². The van der Waals surface area contributed by atoms with Crippen molar-refractivity contribution in [1.29, 1.82) is 0 Å². The Morgan fingerprint density at radius 1 is 1.04 bits per heavy atom. The number of anilines is 1. The molecule has 3 rings (SSSR count). The molecule has 1 saturated heterocycles. The average molecular weight is 340 g/mol. The van der Waals surface area contributed by atoms with Gasteiger partial charge in [0.2, 0.25) is 5.91 Å². The van der Waals surface area contributed by atoms with E-state index in [4.69, 9.17) is 15.2 Å². The molecule has 0 radical (unpaired) electrons. The van der Waals surface area contributed by atoms with Gasteiger partial charge in [-0.15, -0.1) is 0 Å². The Kier molecular flexibility index (Phi) is 5.06. The van der Waals surface area contributed by atoms with Crippen LogP contribution in [0.25, 0.3) is 0 Å². The van der Waals surface area contributed by atoms with Crippen molar-refractivity contribution < 1.29 is 14.3 Å². The van der Waals surface area contributed by atoms with Crippen LogP contribution in [0.5, 0.6) is 11.5 Å². The summed E-state index contributed by atoms with van der Waals surface area (Å²) in [7, 11) is 0. The molecule has 2 aromatic carbocycles. The SMILES string of the molecule is Cc1cc(C)cc(Oc2ccc(NC(=O)C3(N)CCOCC3)cc2)c1. The summed E-state index contributed by atoms with van der Waals surface area (Å²) in [6.45, 7) is 5.12. The Balaban J connectivity index is 1.64. The van der Waals surface area contributed by atoms with Gasteiger partial charge in [0.15, 0.2) is 0 Å². The monoisotopic (exact) mass is 340 g/mol. The number of rotatable bonds is 4. The van der Waals surface area contributed by atoms with Gasteiger partial charge in [-0.1, -0.05) is 6.07 Å². The maximum Gasteiger partial charge on any atom is 0.244 e. The minimum Gasteiger partial charge on any atom is -0.457 e. The Hall–Kier alpha value is -2.37. The molecule has 5 nitrogen and oxygen atoms in total. The highest BCUT2D eigenvalue weighted by Gasteiger charge is 2.35. The maximum absolute atomic E-state index is 12.4. The average Bonchev–Trinajstić information content (AvgIpc) is 2.56. The van der Waals surface area contributed by atoms with Gasteiger partial charge >= 0.3 is 0 Å². The van der Waals surface area contributed by atoms with Gasteiger partial charge in [-0.3, -0.25) is 4.79 Å². The van der Waals surface area contributed by atoms with E-state index in [0.29, 0.717) is 31.7 Å². The van der Waals surface area contributed by atoms with E-state index in [2.05, 4.69) is 11.4 Å². The van der Waals surface area contributed by atoms with Gasteiger partial charge < -0.3 is 20.5 Å². The fraction of sp³-hybridized carbons (Fsp3) is 0.350. The van der Waals surface area contributed by atoms with E-state index in [1.165, 1.54) is 0 Å². The summed E-state index contributed by atoms with van der Waals surface area (Å²) in [6.07, 6.45) is 1.07. The van der Waals surface area contributed by atoms with Gasteiger partial charge in [0.1, 0.15) is 17.0 Å². The van der Waals surface area contributed by atoms with Crippen LogP contribution < -0.4 is 15.8 Å². The van der Waals surface area contributed by atoms with Crippen LogP contribution in [0.3, 0.4) is 0 Å². The van der Waals surface area contributed by atoms with E-state index in [1.807, 2.05) is 50.2 Å². The number of nitrogens with two attached hydrogens (primary N) is 1. The van der Waals surface area contributed by atoms with E-state index >= 15 is 0 Å². The van der Waals surface area contributed by atoms with Crippen molar-refractivity contribution in [3.8, 4) is 11.5 Å². The van der Waals surface area contributed by atoms with E-state index < -0.39 is 5.54 Å². The quantitative estimate of drug-likeness (QED) is 0.893. The van der Waals surface area contributed by atoms with E-state index in [0.717, 1.165) is 22.6 Å². The molecule has 0 unspecified atom stereocenters. The Morgan fingerprint density at radius 3 is 2.24 bits per heavy atom. The zero-order valence-electron chi connectivity index (χ0n) is 14.7. The molecule has 0 bridgehead atoms. The summed E-state index contributed by atoms with van der Waals surface area (Å²) in [4.78, 5) is 12.4. The van der Waals surface area contributed by atoms with Crippen molar-refractivity contribution in [3.05, 3.63) is 53.6 Å². The number of ether oxygens (including phenoxy) is 2. The number of nitrogens with one attached hydrogen (secondary N) is 1. The normalized spacial score (nSPS) is 16.3. The number of hydrogen-bond donors (Lipinski definition) is 2. The summed E-state index contributed by atoms with van der Waals surface area (Å²) in [5.41, 5.74) is 8.35. The van der Waals surface area contributed by atoms with Crippen LogP contribution in [0.1, 0.15) is 24.0 Å². The molecule has 5 heteroatoms. The minimum absolute atomic E-state index is 0.168. The summed E-state index contributed by atoms with van der Waals surface area (Å²) >= 11 is 0. The highest BCUT2D eigenvalue weighted by Crippen LogP contribution is 2.26. The highest BCUT2D eigenvalue weighted by molar-refractivity contribution is 5.98. The minimum atomic E-state index is -0.855. The van der Waals surface area contributed by atoms with Crippen LogP contribution in [0, 0.1) is 13.8 Å². The molecule has 132 valence electrons. The second-order valence-corrected chi connectivity index (χ2v) is 6.67. The molecular weight excluding hydrogens is 316 g/mol. The number of hydrogen-bond acceptors (Lipinski definition) is 4. The predicted molar refractivity (Wildman–Crippen MR) is 98.0 cm³/mol. The summed E-state index contributed by atoms with van der Waals surface area (Å²) in [6, 6.07) is 13.4. The van der Waals surface area contributed by atoms with Gasteiger partial charge in [-0.2, -0.15) is 0 Å². The fourth-order valence-corrected chi connectivity index (χ4v) is 2.95. The van der Waals surface area contributed by atoms with Gasteiger partial charge in [0.25, 0.3) is 0 Å². The summed E-state index contributed by atoms with van der Waals surface area (Å²) in [5.74, 6) is 1.35. The van der Waals surface area contributed by atoms with Gasteiger partial charge in [0.05, 0.1) is 0 Å². The molecule has 1 fully saturated rings. The van der Waals surface area contributed by atoms with Crippen LogP contribution in [0.4, 0.5) is 5.69 Å². The zero-order valence-corrected chi connectivity index (χ0v) is 14.7. The predicted octanol–water partition coefficient (Wildman–Crippen LogP) is 3.54. The lowest BCUT2D eigenvalue weighted by Crippen LogP contribution is -2.54. The number of amides is 1. The number of carbonyl (C=O) groups is 1. The first kappa shape index (κ1) is 17.5. The largest absolute Gasteiger partial charge is 0.457 e. The highest BCUT2D eigenvalue weighted by atomic mass is 16.5. The van der Waals surface area contributed by atoms with Crippen molar-refractivity contribution in [2.75, 3.05) is 18.5 Å². The standard InChI is InChI=1S/C20H24N2O3/c1-14-11-15(2)13-18(12-14)25-17-5-3-16(4-6-17)22-19(23)20(21)7-9-24-10-8-20/h3-6,11-13H,7-10,21H2,1-2H3,(H,22,23). The first-order chi connectivity index (χ1) is 11.9. The number of benzene rings is 2. The smallest absolute Gasteiger partial charge is 0.244 e. The van der Waals surface area contributed by atoms with Crippen LogP contribution in [0.2, 0.25) is 0 Å². The second-order valence-electron chi connectivity index (χ2n) is 6.67. The zero-order chi connectivity index (χ0) is 17.9. The number of carbonyl (C=O) groups excluding carboxylic acids is 1. The first-order valence-electron chi connectivity index (χ1n) is 8.49. The van der Waals surface area contributed by atoms with Crippen molar-refractivity contribution >= 4 is 11.6 Å². The molecule has 1 aliphatic rings. The lowest BCUT2D eigenvalue weighted by Gasteiger charge is -2.31. The van der Waals surface area contributed by atoms with Crippen molar-refractivity contribution in [3.63, 3.8) is 0 Å². The molecule has 0 saturated carbocycles.